The van der Waals surface area contributed by atoms with Crippen LogP contribution >= 0.6 is 0 Å². The Morgan fingerprint density at radius 1 is 0.903 bits per heavy atom. The monoisotopic (exact) mass is 450 g/mol. The molecule has 0 unspecified atom stereocenters. The van der Waals surface area contributed by atoms with Crippen LogP contribution in [0, 0.1) is 0 Å². The Morgan fingerprint density at radius 3 is 2.10 bits per heavy atom. The number of sulfonamides is 1. The first-order valence-corrected chi connectivity index (χ1v) is 11.2. The minimum atomic E-state index is -3.53. The van der Waals surface area contributed by atoms with Gasteiger partial charge >= 0.3 is 0 Å². The number of nitrogens with zero attached hydrogens (tertiary/aromatic N) is 1. The van der Waals surface area contributed by atoms with Gasteiger partial charge in [0.2, 0.25) is 21.8 Å². The third kappa shape index (κ3) is 6.93. The number of hydrogen-bond acceptors (Lipinski definition) is 6. The molecule has 0 aliphatic carbocycles. The molecule has 3 N–H and O–H groups in total. The predicted molar refractivity (Wildman–Crippen MR) is 112 cm³/mol. The molecule has 2 aromatic rings. The second-order valence-corrected chi connectivity index (χ2v) is 8.38. The molecule has 1 aromatic carbocycles. The molecule has 1 aromatic heterocycles. The van der Waals surface area contributed by atoms with Gasteiger partial charge in [-0.3, -0.25) is 14.4 Å². The summed E-state index contributed by atoms with van der Waals surface area (Å²) in [5.41, 5.74) is 0.712. The van der Waals surface area contributed by atoms with Crippen molar-refractivity contribution in [1.29, 1.82) is 0 Å². The first-order chi connectivity index (χ1) is 14.8. The Balaban J connectivity index is 1.74. The molecule has 0 radical (unpaired) electrons. The van der Waals surface area contributed by atoms with Crippen LogP contribution in [0.15, 0.2) is 52.0 Å². The van der Waals surface area contributed by atoms with Crippen molar-refractivity contribution < 1.29 is 27.2 Å². The van der Waals surface area contributed by atoms with E-state index >= 15 is 0 Å². The van der Waals surface area contributed by atoms with Gasteiger partial charge in [-0.2, -0.15) is 4.31 Å². The number of carbonyl (C=O) groups is 3. The molecular weight excluding hydrogens is 424 g/mol. The van der Waals surface area contributed by atoms with Crippen molar-refractivity contribution in [3.8, 4) is 0 Å². The Hall–Kier alpha value is -3.18. The molecule has 0 spiro atoms. The maximum atomic E-state index is 12.5. The van der Waals surface area contributed by atoms with Gasteiger partial charge in [-0.25, -0.2) is 8.42 Å². The zero-order valence-electron chi connectivity index (χ0n) is 17.4. The van der Waals surface area contributed by atoms with E-state index in [0.717, 1.165) is 0 Å². The zero-order chi connectivity index (χ0) is 22.9. The summed E-state index contributed by atoms with van der Waals surface area (Å²) in [5.74, 6) is -1.40. The third-order valence-corrected chi connectivity index (χ3v) is 6.42. The van der Waals surface area contributed by atoms with Crippen LogP contribution in [-0.4, -0.2) is 56.6 Å². The van der Waals surface area contributed by atoms with E-state index in [1.807, 2.05) is 0 Å². The molecule has 3 amide bonds. The van der Waals surface area contributed by atoms with E-state index in [2.05, 4.69) is 16.0 Å². The number of hydrogen-bond donors (Lipinski definition) is 3. The molecule has 11 heteroatoms. The molecule has 10 nitrogen and oxygen atoms in total. The molecule has 0 atom stereocenters. The summed E-state index contributed by atoms with van der Waals surface area (Å²) in [6, 6.07) is 9.26. The van der Waals surface area contributed by atoms with Crippen molar-refractivity contribution in [2.45, 2.75) is 25.3 Å². The van der Waals surface area contributed by atoms with E-state index in [1.165, 1.54) is 28.8 Å². The highest BCUT2D eigenvalue weighted by Gasteiger charge is 2.21. The number of nitrogens with one attached hydrogen (secondary N) is 3. The number of benzene rings is 1. The summed E-state index contributed by atoms with van der Waals surface area (Å²) in [4.78, 5) is 35.5. The molecule has 2 rings (SSSR count). The summed E-state index contributed by atoms with van der Waals surface area (Å²) >= 11 is 0. The van der Waals surface area contributed by atoms with Gasteiger partial charge in [0.15, 0.2) is 5.76 Å². The fraction of sp³-hybridized carbons (Fsp3) is 0.350. The summed E-state index contributed by atoms with van der Waals surface area (Å²) in [5, 5.41) is 7.39. The molecule has 0 saturated heterocycles. The van der Waals surface area contributed by atoms with Crippen molar-refractivity contribution in [2.24, 2.45) is 0 Å². The Morgan fingerprint density at radius 2 is 1.52 bits per heavy atom. The van der Waals surface area contributed by atoms with Gasteiger partial charge < -0.3 is 20.4 Å². The lowest BCUT2D eigenvalue weighted by atomic mass is 10.2. The molecule has 168 valence electrons. The van der Waals surface area contributed by atoms with Crippen LogP contribution in [0.3, 0.4) is 0 Å². The Labute approximate surface area is 181 Å². The smallest absolute Gasteiger partial charge is 0.287 e. The van der Waals surface area contributed by atoms with E-state index in [1.54, 1.807) is 32.0 Å². The molecular formula is C20H26N4O6S. The maximum Gasteiger partial charge on any atom is 0.287 e. The minimum absolute atomic E-state index is 0.0847. The summed E-state index contributed by atoms with van der Waals surface area (Å²) in [6.45, 7) is 3.94. The van der Waals surface area contributed by atoms with E-state index < -0.39 is 27.7 Å². The lowest BCUT2D eigenvalue weighted by molar-refractivity contribution is -0.125. The van der Waals surface area contributed by atoms with Gasteiger partial charge in [0.1, 0.15) is 0 Å². The lowest BCUT2D eigenvalue weighted by Gasteiger charge is -2.18. The highest BCUT2D eigenvalue weighted by atomic mass is 32.2. The highest BCUT2D eigenvalue weighted by Crippen LogP contribution is 2.16. The normalized spacial score (nSPS) is 11.2. The Bertz CT molecular complexity index is 983. The quantitative estimate of drug-likeness (QED) is 0.455. The second kappa shape index (κ2) is 11.3. The number of carbonyl (C=O) groups excluding carboxylic acids is 3. The molecule has 1 heterocycles. The van der Waals surface area contributed by atoms with Crippen molar-refractivity contribution in [2.75, 3.05) is 26.2 Å². The van der Waals surface area contributed by atoms with Gasteiger partial charge in [-0.05, 0) is 29.8 Å². The van der Waals surface area contributed by atoms with Crippen molar-refractivity contribution in [3.63, 3.8) is 0 Å². The molecule has 31 heavy (non-hydrogen) atoms. The number of rotatable bonds is 11. The van der Waals surface area contributed by atoms with Crippen LogP contribution in [0.25, 0.3) is 0 Å². The second-order valence-electron chi connectivity index (χ2n) is 6.45. The van der Waals surface area contributed by atoms with Crippen molar-refractivity contribution >= 4 is 27.7 Å². The van der Waals surface area contributed by atoms with Gasteiger partial charge in [0, 0.05) is 19.6 Å². The highest BCUT2D eigenvalue weighted by molar-refractivity contribution is 7.89. The van der Waals surface area contributed by atoms with E-state index in [9.17, 15) is 22.8 Å². The maximum absolute atomic E-state index is 12.5. The van der Waals surface area contributed by atoms with Crippen LogP contribution in [0.4, 0.5) is 0 Å². The van der Waals surface area contributed by atoms with Gasteiger partial charge in [-0.1, -0.05) is 26.0 Å². The fourth-order valence-corrected chi connectivity index (χ4v) is 4.11. The van der Waals surface area contributed by atoms with E-state index in [-0.39, 0.29) is 30.3 Å². The predicted octanol–water partition coefficient (Wildman–Crippen LogP) is 0.473. The van der Waals surface area contributed by atoms with Gasteiger partial charge in [0.05, 0.1) is 24.2 Å². The summed E-state index contributed by atoms with van der Waals surface area (Å²) < 4.78 is 31.2. The number of furan rings is 1. The Kier molecular flexibility index (Phi) is 8.76. The number of amides is 3. The van der Waals surface area contributed by atoms with Crippen LogP contribution in [0.2, 0.25) is 0 Å². The van der Waals surface area contributed by atoms with Crippen LogP contribution in [-0.2, 0) is 26.2 Å². The van der Waals surface area contributed by atoms with Gasteiger partial charge in [-0.15, -0.1) is 0 Å². The summed E-state index contributed by atoms with van der Waals surface area (Å²) in [6.07, 6.45) is 1.34. The lowest BCUT2D eigenvalue weighted by Crippen LogP contribution is -2.41. The zero-order valence-corrected chi connectivity index (χ0v) is 18.2. The van der Waals surface area contributed by atoms with E-state index in [0.29, 0.717) is 18.7 Å². The average molecular weight is 451 g/mol. The summed E-state index contributed by atoms with van der Waals surface area (Å²) in [7, 11) is -3.53. The van der Waals surface area contributed by atoms with Crippen LogP contribution < -0.4 is 16.0 Å². The standard InChI is InChI=1S/C20H26N4O6S/c1-3-24(4-2)31(28,29)16-9-7-15(8-10-16)12-21-18(25)13-22-19(26)14-23-20(27)17-6-5-11-30-17/h5-11H,3-4,12-14H2,1-2H3,(H,21,25)(H,22,26)(H,23,27). The molecule has 0 aliphatic rings. The van der Waals surface area contributed by atoms with Crippen molar-refractivity contribution in [1.82, 2.24) is 20.3 Å². The van der Waals surface area contributed by atoms with Crippen molar-refractivity contribution in [3.05, 3.63) is 54.0 Å². The largest absolute Gasteiger partial charge is 0.459 e. The average Bonchev–Trinajstić information content (AvgIpc) is 3.30. The van der Waals surface area contributed by atoms with Crippen LogP contribution in [0.1, 0.15) is 30.0 Å². The molecule has 0 bridgehead atoms. The fourth-order valence-electron chi connectivity index (χ4n) is 2.65. The molecule has 0 fully saturated rings. The van der Waals surface area contributed by atoms with E-state index in [4.69, 9.17) is 4.42 Å². The van der Waals surface area contributed by atoms with Gasteiger partial charge in [0.25, 0.3) is 5.91 Å². The topological polar surface area (TPSA) is 138 Å². The first kappa shape index (κ1) is 24.1. The van der Waals surface area contributed by atoms with Crippen LogP contribution in [0.5, 0.6) is 0 Å². The third-order valence-electron chi connectivity index (χ3n) is 4.36. The first-order valence-electron chi connectivity index (χ1n) is 9.72. The SMILES string of the molecule is CCN(CC)S(=O)(=O)c1ccc(CNC(=O)CNC(=O)CNC(=O)c2ccco2)cc1. The molecule has 0 saturated carbocycles. The minimum Gasteiger partial charge on any atom is -0.459 e. The molecule has 0 aliphatic heterocycles.